The molecule has 6 nitrogen and oxygen atoms in total. The summed E-state index contributed by atoms with van der Waals surface area (Å²) < 4.78 is 35.4. The highest BCUT2D eigenvalue weighted by Gasteiger charge is 2.34. The van der Waals surface area contributed by atoms with Crippen LogP contribution in [0.3, 0.4) is 0 Å². The highest BCUT2D eigenvalue weighted by atomic mass is 19.1. The Balaban J connectivity index is 1.50. The smallest absolute Gasteiger partial charge is 0.410 e. The maximum atomic E-state index is 14.0. The fourth-order valence-electron chi connectivity index (χ4n) is 4.77. The van der Waals surface area contributed by atoms with Crippen LogP contribution < -0.4 is 4.90 Å². The van der Waals surface area contributed by atoms with Gasteiger partial charge in [-0.15, -0.1) is 0 Å². The first kappa shape index (κ1) is 22.6. The van der Waals surface area contributed by atoms with Crippen LogP contribution in [0.4, 0.5) is 19.4 Å². The maximum absolute atomic E-state index is 14.0. The van der Waals surface area contributed by atoms with Gasteiger partial charge in [-0.25, -0.2) is 18.6 Å². The zero-order valence-corrected chi connectivity index (χ0v) is 20.0. The molecule has 1 aliphatic heterocycles. The Labute approximate surface area is 198 Å². The molecule has 2 aliphatic rings. The quantitative estimate of drug-likeness (QED) is 0.500. The predicted octanol–water partition coefficient (Wildman–Crippen LogP) is 5.63. The molecule has 1 amide bonds. The van der Waals surface area contributed by atoms with Crippen molar-refractivity contribution in [1.82, 2.24) is 14.5 Å². The van der Waals surface area contributed by atoms with Gasteiger partial charge in [0, 0.05) is 49.5 Å². The van der Waals surface area contributed by atoms with Crippen LogP contribution in [0.2, 0.25) is 0 Å². The third-order valence-corrected chi connectivity index (χ3v) is 6.42. The van der Waals surface area contributed by atoms with E-state index < -0.39 is 17.2 Å². The largest absolute Gasteiger partial charge is 0.444 e. The summed E-state index contributed by atoms with van der Waals surface area (Å²) in [6, 6.07) is 5.43. The molecular weight excluding hydrogens is 438 g/mol. The molecule has 3 aromatic rings. The molecule has 3 heterocycles. The number of piperazine rings is 1. The lowest BCUT2D eigenvalue weighted by Crippen LogP contribution is -2.55. The van der Waals surface area contributed by atoms with E-state index >= 15 is 0 Å². The van der Waals surface area contributed by atoms with Crippen molar-refractivity contribution < 1.29 is 18.3 Å². The van der Waals surface area contributed by atoms with Crippen LogP contribution in [0.1, 0.15) is 52.0 Å². The Morgan fingerprint density at radius 3 is 2.44 bits per heavy atom. The van der Waals surface area contributed by atoms with Gasteiger partial charge in [0.05, 0.1) is 11.2 Å². The van der Waals surface area contributed by atoms with Crippen LogP contribution in [0.15, 0.2) is 36.7 Å². The number of carbonyl (C=O) groups excluding carboxylic acids is 1. The molecule has 34 heavy (non-hydrogen) atoms. The van der Waals surface area contributed by atoms with E-state index in [-0.39, 0.29) is 12.1 Å². The Bertz CT molecular complexity index is 1230. The molecule has 0 spiro atoms. The fraction of sp³-hybridized carbons (Fsp3) is 0.462. The van der Waals surface area contributed by atoms with Crippen molar-refractivity contribution in [3.05, 3.63) is 53.9 Å². The molecule has 0 radical (unpaired) electrons. The van der Waals surface area contributed by atoms with Crippen LogP contribution in [0.25, 0.3) is 16.6 Å². The van der Waals surface area contributed by atoms with Crippen molar-refractivity contribution in [1.29, 1.82) is 0 Å². The minimum atomic E-state index is -0.605. The van der Waals surface area contributed by atoms with Crippen LogP contribution in [0.5, 0.6) is 0 Å². The number of aromatic nitrogens is 2. The molecule has 8 heteroatoms. The van der Waals surface area contributed by atoms with E-state index in [0.29, 0.717) is 31.2 Å². The van der Waals surface area contributed by atoms with Crippen LogP contribution in [-0.4, -0.2) is 51.8 Å². The van der Waals surface area contributed by atoms with Crippen molar-refractivity contribution >= 4 is 22.8 Å². The number of anilines is 1. The lowest BCUT2D eigenvalue weighted by molar-refractivity contribution is 0.0159. The van der Waals surface area contributed by atoms with Gasteiger partial charge in [0.1, 0.15) is 23.1 Å². The second kappa shape index (κ2) is 8.25. The highest BCUT2D eigenvalue weighted by Crippen LogP contribution is 2.46. The number of fused-ring (bicyclic) bond motifs is 1. The molecule has 2 aromatic heterocycles. The van der Waals surface area contributed by atoms with E-state index in [0.717, 1.165) is 41.2 Å². The molecule has 180 valence electrons. The topological polar surface area (TPSA) is 50.6 Å². The summed E-state index contributed by atoms with van der Waals surface area (Å²) in [5.74, 6) is 0.0636. The summed E-state index contributed by atoms with van der Waals surface area (Å²) in [7, 11) is 0. The van der Waals surface area contributed by atoms with Gasteiger partial charge >= 0.3 is 6.09 Å². The van der Waals surface area contributed by atoms with Gasteiger partial charge in [0.15, 0.2) is 0 Å². The van der Waals surface area contributed by atoms with Gasteiger partial charge in [-0.2, -0.15) is 0 Å². The summed E-state index contributed by atoms with van der Waals surface area (Å²) in [6.45, 7) is 9.39. The molecule has 0 N–H and O–H groups in total. The van der Waals surface area contributed by atoms with Crippen molar-refractivity contribution in [3.8, 4) is 5.69 Å². The lowest BCUT2D eigenvalue weighted by atomic mass is 10.1. The summed E-state index contributed by atoms with van der Waals surface area (Å²) in [5, 5.41) is 1.02. The average molecular weight is 469 g/mol. The monoisotopic (exact) mass is 468 g/mol. The molecular formula is C26H30F2N4O2. The minimum absolute atomic E-state index is 0.0515. The lowest BCUT2D eigenvalue weighted by Gasteiger charge is -2.41. The number of amides is 1. The molecule has 5 rings (SSSR count). The van der Waals surface area contributed by atoms with Gasteiger partial charge in [0.25, 0.3) is 0 Å². The van der Waals surface area contributed by atoms with Gasteiger partial charge in [-0.1, -0.05) is 0 Å². The number of halogens is 2. The van der Waals surface area contributed by atoms with Crippen molar-refractivity contribution in [2.45, 2.75) is 58.1 Å². The SMILES string of the molecule is C[C@@H]1CN(c2nccc3c2c(C2CC2)cn3-c2cc(F)cc(F)c2)CCN1C(=O)OC(C)(C)C. The first-order valence-electron chi connectivity index (χ1n) is 11.8. The van der Waals surface area contributed by atoms with Gasteiger partial charge in [-0.05, 0) is 70.2 Å². The number of ether oxygens (including phenoxy) is 1. The van der Waals surface area contributed by atoms with Crippen molar-refractivity contribution in [3.63, 3.8) is 0 Å². The highest BCUT2D eigenvalue weighted by molar-refractivity contribution is 5.95. The fourth-order valence-corrected chi connectivity index (χ4v) is 4.77. The number of nitrogens with zero attached hydrogens (tertiary/aromatic N) is 4. The van der Waals surface area contributed by atoms with E-state index in [1.54, 1.807) is 11.1 Å². The van der Waals surface area contributed by atoms with E-state index in [1.165, 1.54) is 12.1 Å². The molecule has 1 atom stereocenters. The van der Waals surface area contributed by atoms with E-state index in [2.05, 4.69) is 4.90 Å². The third kappa shape index (κ3) is 4.33. The standard InChI is InChI=1S/C26H30F2N4O2/c1-16-14-30(9-10-31(16)25(33)34-26(2,3)4)24-23-21(17-5-6-17)15-32(22(23)7-8-29-24)20-12-18(27)11-19(28)13-20/h7-8,11-13,15-17H,5-6,9-10,14H2,1-4H3/t16-/m1/s1. The number of pyridine rings is 1. The summed E-state index contributed by atoms with van der Waals surface area (Å²) in [4.78, 5) is 21.4. The maximum Gasteiger partial charge on any atom is 0.410 e. The summed E-state index contributed by atoms with van der Waals surface area (Å²) >= 11 is 0. The number of hydrogen-bond acceptors (Lipinski definition) is 4. The van der Waals surface area contributed by atoms with Crippen LogP contribution in [-0.2, 0) is 4.74 Å². The Hall–Kier alpha value is -3.16. The Kier molecular flexibility index (Phi) is 5.49. The van der Waals surface area contributed by atoms with Gasteiger partial charge in [-0.3, -0.25) is 0 Å². The predicted molar refractivity (Wildman–Crippen MR) is 128 cm³/mol. The Morgan fingerprint density at radius 2 is 1.82 bits per heavy atom. The molecule has 0 unspecified atom stereocenters. The van der Waals surface area contributed by atoms with Crippen molar-refractivity contribution in [2.24, 2.45) is 0 Å². The van der Waals surface area contributed by atoms with E-state index in [9.17, 15) is 13.6 Å². The number of carbonyl (C=O) groups is 1. The van der Waals surface area contributed by atoms with E-state index in [1.807, 2.05) is 44.5 Å². The zero-order valence-electron chi connectivity index (χ0n) is 20.0. The normalized spacial score (nSPS) is 19.1. The first-order valence-corrected chi connectivity index (χ1v) is 11.8. The second-order valence-electron chi connectivity index (χ2n) is 10.4. The number of hydrogen-bond donors (Lipinski definition) is 0. The Morgan fingerprint density at radius 1 is 1.12 bits per heavy atom. The summed E-state index contributed by atoms with van der Waals surface area (Å²) in [6.07, 6.45) is 5.62. The molecule has 1 aliphatic carbocycles. The molecule has 2 fully saturated rings. The third-order valence-electron chi connectivity index (χ3n) is 6.42. The van der Waals surface area contributed by atoms with Gasteiger partial charge in [0.2, 0.25) is 0 Å². The second-order valence-corrected chi connectivity index (χ2v) is 10.4. The number of rotatable bonds is 3. The molecule has 1 saturated heterocycles. The molecule has 1 saturated carbocycles. The minimum Gasteiger partial charge on any atom is -0.444 e. The summed E-state index contributed by atoms with van der Waals surface area (Å²) in [5.41, 5.74) is 1.94. The molecule has 1 aromatic carbocycles. The molecule has 0 bridgehead atoms. The average Bonchev–Trinajstić information content (AvgIpc) is 3.51. The number of benzene rings is 1. The zero-order chi connectivity index (χ0) is 24.2. The van der Waals surface area contributed by atoms with Gasteiger partial charge < -0.3 is 19.1 Å². The first-order chi connectivity index (χ1) is 16.1. The van der Waals surface area contributed by atoms with Crippen molar-refractivity contribution in [2.75, 3.05) is 24.5 Å². The van der Waals surface area contributed by atoms with E-state index in [4.69, 9.17) is 9.72 Å². The van der Waals surface area contributed by atoms with Crippen LogP contribution >= 0.6 is 0 Å². The van der Waals surface area contributed by atoms with Crippen LogP contribution in [0, 0.1) is 11.6 Å².